The van der Waals surface area contributed by atoms with E-state index in [4.69, 9.17) is 16.3 Å². The summed E-state index contributed by atoms with van der Waals surface area (Å²) in [4.78, 5) is 27.3. The van der Waals surface area contributed by atoms with Gasteiger partial charge in [-0.1, -0.05) is 30.7 Å². The zero-order valence-corrected chi connectivity index (χ0v) is 22.4. The quantitative estimate of drug-likeness (QED) is 0.444. The van der Waals surface area contributed by atoms with Crippen LogP contribution in [0, 0.1) is 0 Å². The Morgan fingerprint density at radius 2 is 1.76 bits per heavy atom. The molecular formula is C24H29ClF3N3O5S. The Balaban J connectivity index is 2.45. The number of nitrogens with zero attached hydrogens (tertiary/aromatic N) is 2. The predicted molar refractivity (Wildman–Crippen MR) is 135 cm³/mol. The number of hydrogen-bond donors (Lipinski definition) is 1. The summed E-state index contributed by atoms with van der Waals surface area (Å²) in [5.74, 6) is -0.675. The van der Waals surface area contributed by atoms with E-state index in [1.165, 1.54) is 18.9 Å². The number of ether oxygens (including phenoxy) is 1. The predicted octanol–water partition coefficient (Wildman–Crippen LogP) is 4.08. The largest absolute Gasteiger partial charge is 0.497 e. The van der Waals surface area contributed by atoms with Gasteiger partial charge < -0.3 is 15.0 Å². The molecule has 8 nitrogen and oxygen atoms in total. The lowest BCUT2D eigenvalue weighted by atomic mass is 10.1. The monoisotopic (exact) mass is 563 g/mol. The minimum Gasteiger partial charge on any atom is -0.497 e. The van der Waals surface area contributed by atoms with Crippen LogP contribution in [0.25, 0.3) is 0 Å². The molecule has 0 aliphatic carbocycles. The molecular weight excluding hydrogens is 535 g/mol. The van der Waals surface area contributed by atoms with E-state index in [2.05, 4.69) is 5.32 Å². The lowest BCUT2D eigenvalue weighted by molar-refractivity contribution is -0.139. The second-order valence-electron chi connectivity index (χ2n) is 8.27. The van der Waals surface area contributed by atoms with Gasteiger partial charge in [0, 0.05) is 13.1 Å². The van der Waals surface area contributed by atoms with Gasteiger partial charge in [0.05, 0.1) is 29.6 Å². The number of hydrogen-bond acceptors (Lipinski definition) is 5. The zero-order chi connectivity index (χ0) is 28.0. The van der Waals surface area contributed by atoms with Gasteiger partial charge in [0.1, 0.15) is 18.3 Å². The van der Waals surface area contributed by atoms with Gasteiger partial charge in [0.15, 0.2) is 0 Å². The van der Waals surface area contributed by atoms with E-state index >= 15 is 0 Å². The van der Waals surface area contributed by atoms with E-state index in [1.807, 2.05) is 6.92 Å². The average molecular weight is 564 g/mol. The molecule has 0 unspecified atom stereocenters. The van der Waals surface area contributed by atoms with Crippen LogP contribution in [0.15, 0.2) is 42.5 Å². The average Bonchev–Trinajstić information content (AvgIpc) is 2.83. The third kappa shape index (κ3) is 8.26. The van der Waals surface area contributed by atoms with Crippen molar-refractivity contribution in [1.82, 2.24) is 10.2 Å². The van der Waals surface area contributed by atoms with E-state index in [-0.39, 0.29) is 12.2 Å². The molecule has 2 rings (SSSR count). The number of alkyl halides is 3. The summed E-state index contributed by atoms with van der Waals surface area (Å²) in [6.07, 6.45) is -3.41. The van der Waals surface area contributed by atoms with Crippen LogP contribution < -0.4 is 14.4 Å². The number of anilines is 1. The molecule has 0 aliphatic heterocycles. The van der Waals surface area contributed by atoms with Crippen LogP contribution in [0.1, 0.15) is 31.4 Å². The molecule has 2 aromatic carbocycles. The van der Waals surface area contributed by atoms with Crippen LogP contribution in [0.4, 0.5) is 18.9 Å². The van der Waals surface area contributed by atoms with E-state index < -0.39 is 51.2 Å². The maximum Gasteiger partial charge on any atom is 0.417 e. The van der Waals surface area contributed by atoms with Crippen molar-refractivity contribution in [2.24, 2.45) is 0 Å². The molecule has 0 bridgehead atoms. The van der Waals surface area contributed by atoms with Crippen molar-refractivity contribution >= 4 is 39.1 Å². The van der Waals surface area contributed by atoms with Gasteiger partial charge in [-0.25, -0.2) is 8.42 Å². The smallest absolute Gasteiger partial charge is 0.417 e. The lowest BCUT2D eigenvalue weighted by Crippen LogP contribution is -2.51. The normalized spacial score (nSPS) is 12.5. The Hall–Kier alpha value is -2.99. The van der Waals surface area contributed by atoms with E-state index in [0.29, 0.717) is 34.7 Å². The summed E-state index contributed by atoms with van der Waals surface area (Å²) in [5.41, 5.74) is -1.00. The number of rotatable bonds is 11. The maximum absolute atomic E-state index is 13.4. The Labute approximate surface area is 219 Å². The van der Waals surface area contributed by atoms with Crippen LogP contribution >= 0.6 is 11.6 Å². The van der Waals surface area contributed by atoms with Crippen LogP contribution in [0.5, 0.6) is 5.75 Å². The van der Waals surface area contributed by atoms with Gasteiger partial charge in [-0.2, -0.15) is 13.2 Å². The van der Waals surface area contributed by atoms with Crippen LogP contribution in [0.3, 0.4) is 0 Å². The van der Waals surface area contributed by atoms with Crippen molar-refractivity contribution in [2.75, 3.05) is 30.8 Å². The third-order valence-corrected chi connectivity index (χ3v) is 6.92. The summed E-state index contributed by atoms with van der Waals surface area (Å²) in [6.45, 7) is 2.82. The number of halogens is 4. The molecule has 0 saturated carbocycles. The summed E-state index contributed by atoms with van der Waals surface area (Å²) in [5, 5.41) is 2.08. The number of carbonyl (C=O) groups excluding carboxylic acids is 2. The molecule has 13 heteroatoms. The summed E-state index contributed by atoms with van der Waals surface area (Å²) < 4.78 is 71.0. The molecule has 0 saturated heterocycles. The fourth-order valence-electron chi connectivity index (χ4n) is 3.41. The van der Waals surface area contributed by atoms with Crippen LogP contribution in [-0.4, -0.2) is 57.6 Å². The molecule has 2 amide bonds. The summed E-state index contributed by atoms with van der Waals surface area (Å²) in [7, 11) is -2.71. The zero-order valence-electron chi connectivity index (χ0n) is 20.8. The highest BCUT2D eigenvalue weighted by atomic mass is 35.5. The molecule has 1 atom stereocenters. The Morgan fingerprint density at radius 1 is 1.14 bits per heavy atom. The van der Waals surface area contributed by atoms with Crippen molar-refractivity contribution in [2.45, 2.75) is 39.0 Å². The fraction of sp³-hybridized carbons (Fsp3) is 0.417. The summed E-state index contributed by atoms with van der Waals surface area (Å²) in [6, 6.07) is 8.25. The van der Waals surface area contributed by atoms with Gasteiger partial charge in [-0.15, -0.1) is 0 Å². The Morgan fingerprint density at radius 3 is 2.27 bits per heavy atom. The van der Waals surface area contributed by atoms with Crippen molar-refractivity contribution in [3.8, 4) is 5.75 Å². The Bertz CT molecular complexity index is 1210. The van der Waals surface area contributed by atoms with Crippen molar-refractivity contribution in [3.63, 3.8) is 0 Å². The second kappa shape index (κ2) is 12.5. The summed E-state index contributed by atoms with van der Waals surface area (Å²) >= 11 is 5.67. The van der Waals surface area contributed by atoms with Crippen molar-refractivity contribution < 1.29 is 35.9 Å². The van der Waals surface area contributed by atoms with Gasteiger partial charge >= 0.3 is 6.18 Å². The Kier molecular flexibility index (Phi) is 10.2. The molecule has 0 fully saturated rings. The minimum absolute atomic E-state index is 0.0600. The first kappa shape index (κ1) is 30.2. The first-order valence-electron chi connectivity index (χ1n) is 11.2. The van der Waals surface area contributed by atoms with E-state index in [1.54, 1.807) is 24.3 Å². The third-order valence-electron chi connectivity index (χ3n) is 5.45. The second-order valence-corrected chi connectivity index (χ2v) is 10.6. The molecule has 1 N–H and O–H groups in total. The number of methoxy groups -OCH3 is 1. The highest BCUT2D eigenvalue weighted by Crippen LogP contribution is 2.37. The number of sulfonamides is 1. The SMILES string of the molecule is CCCNC(=O)[C@H](C)N(Cc1ccc(OC)cc1)C(=O)CN(c1ccc(Cl)c(C(F)(F)F)c1)S(C)(=O)=O. The number of carbonyl (C=O) groups is 2. The molecule has 0 aromatic heterocycles. The number of amides is 2. The standard InChI is InChI=1S/C24H29ClF3N3O5S/c1-5-12-29-23(33)16(2)30(14-17-6-9-19(36-3)10-7-17)22(32)15-31(37(4,34)35)18-8-11-21(25)20(13-18)24(26,27)28/h6-11,13,16H,5,12,14-15H2,1-4H3,(H,29,33)/t16-/m0/s1. The molecule has 37 heavy (non-hydrogen) atoms. The van der Waals surface area contributed by atoms with Crippen LogP contribution in [0.2, 0.25) is 5.02 Å². The molecule has 204 valence electrons. The van der Waals surface area contributed by atoms with Gasteiger partial charge in [0.2, 0.25) is 21.8 Å². The first-order valence-corrected chi connectivity index (χ1v) is 13.5. The van der Waals surface area contributed by atoms with Gasteiger partial charge in [-0.05, 0) is 49.2 Å². The van der Waals surface area contributed by atoms with Crippen molar-refractivity contribution in [3.05, 3.63) is 58.6 Å². The van der Waals surface area contributed by atoms with Gasteiger partial charge in [-0.3, -0.25) is 13.9 Å². The molecule has 0 aliphatic rings. The minimum atomic E-state index is -4.84. The van der Waals surface area contributed by atoms with Crippen molar-refractivity contribution in [1.29, 1.82) is 0 Å². The van der Waals surface area contributed by atoms with Crippen LogP contribution in [-0.2, 0) is 32.3 Å². The maximum atomic E-state index is 13.4. The number of benzene rings is 2. The molecule has 0 radical (unpaired) electrons. The lowest BCUT2D eigenvalue weighted by Gasteiger charge is -2.31. The van der Waals surface area contributed by atoms with E-state index in [0.717, 1.165) is 18.4 Å². The fourth-order valence-corrected chi connectivity index (χ4v) is 4.47. The highest BCUT2D eigenvalue weighted by molar-refractivity contribution is 7.92. The molecule has 2 aromatic rings. The molecule has 0 spiro atoms. The number of nitrogens with one attached hydrogen (secondary N) is 1. The highest BCUT2D eigenvalue weighted by Gasteiger charge is 2.35. The van der Waals surface area contributed by atoms with Gasteiger partial charge in [0.25, 0.3) is 0 Å². The van der Waals surface area contributed by atoms with E-state index in [9.17, 15) is 31.2 Å². The molecule has 0 heterocycles. The topological polar surface area (TPSA) is 96.0 Å². The first-order chi connectivity index (χ1) is 17.2.